The van der Waals surface area contributed by atoms with Crippen molar-refractivity contribution < 1.29 is 14.3 Å². The summed E-state index contributed by atoms with van der Waals surface area (Å²) in [6, 6.07) is 12.8. The molecule has 2 amide bonds. The van der Waals surface area contributed by atoms with Gasteiger partial charge in [-0.2, -0.15) is 0 Å². The molecule has 0 fully saturated rings. The van der Waals surface area contributed by atoms with Crippen molar-refractivity contribution in [1.29, 1.82) is 0 Å². The molecule has 0 aliphatic heterocycles. The average molecular weight is 327 g/mol. The highest BCUT2D eigenvalue weighted by atomic mass is 16.5. The van der Waals surface area contributed by atoms with Gasteiger partial charge in [0.2, 0.25) is 0 Å². The number of aryl methyl sites for hydroxylation is 1. The van der Waals surface area contributed by atoms with Crippen molar-refractivity contribution in [3.63, 3.8) is 0 Å². The first-order chi connectivity index (χ1) is 11.5. The van der Waals surface area contributed by atoms with E-state index in [9.17, 15) is 9.59 Å². The molecule has 0 saturated heterocycles. The molecule has 0 atom stereocenters. The molecule has 0 unspecified atom stereocenters. The van der Waals surface area contributed by atoms with Gasteiger partial charge >= 0.3 is 11.8 Å². The number of hydrogen-bond acceptors (Lipinski definition) is 4. The van der Waals surface area contributed by atoms with Crippen molar-refractivity contribution in [2.75, 3.05) is 24.7 Å². The van der Waals surface area contributed by atoms with Crippen LogP contribution in [-0.4, -0.2) is 25.5 Å². The third-order valence-electron chi connectivity index (χ3n) is 3.52. The van der Waals surface area contributed by atoms with Crippen molar-refractivity contribution in [2.45, 2.75) is 13.3 Å². The fourth-order valence-electron chi connectivity index (χ4n) is 2.15. The Morgan fingerprint density at radius 1 is 1.08 bits per heavy atom. The van der Waals surface area contributed by atoms with Crippen molar-refractivity contribution in [1.82, 2.24) is 5.32 Å². The number of carbonyl (C=O) groups is 2. The lowest BCUT2D eigenvalue weighted by Gasteiger charge is -2.09. The Morgan fingerprint density at radius 2 is 1.79 bits per heavy atom. The molecule has 0 radical (unpaired) electrons. The molecule has 24 heavy (non-hydrogen) atoms. The smallest absolute Gasteiger partial charge is 0.313 e. The quantitative estimate of drug-likeness (QED) is 0.577. The van der Waals surface area contributed by atoms with Gasteiger partial charge in [0.1, 0.15) is 5.75 Å². The minimum absolute atomic E-state index is 0.363. The Morgan fingerprint density at radius 3 is 2.46 bits per heavy atom. The summed E-state index contributed by atoms with van der Waals surface area (Å²) in [4.78, 5) is 23.8. The Hall–Kier alpha value is -3.02. The van der Waals surface area contributed by atoms with Crippen molar-refractivity contribution in [3.8, 4) is 5.75 Å². The fraction of sp³-hybridized carbons (Fsp3) is 0.222. The lowest BCUT2D eigenvalue weighted by Crippen LogP contribution is -2.36. The zero-order valence-corrected chi connectivity index (χ0v) is 13.8. The van der Waals surface area contributed by atoms with Crippen LogP contribution in [0.2, 0.25) is 0 Å². The maximum atomic E-state index is 11.9. The number of anilines is 2. The Kier molecular flexibility index (Phi) is 5.78. The van der Waals surface area contributed by atoms with E-state index < -0.39 is 11.8 Å². The molecule has 0 saturated carbocycles. The Balaban J connectivity index is 1.83. The summed E-state index contributed by atoms with van der Waals surface area (Å²) in [6.45, 7) is 2.24. The third kappa shape index (κ3) is 4.74. The minimum Gasteiger partial charge on any atom is -0.497 e. The maximum absolute atomic E-state index is 11.9. The van der Waals surface area contributed by atoms with Gasteiger partial charge in [-0.25, -0.2) is 0 Å². The number of nitrogens with two attached hydrogens (primary N) is 1. The van der Waals surface area contributed by atoms with E-state index >= 15 is 0 Å². The molecule has 2 aromatic carbocycles. The van der Waals surface area contributed by atoms with Gasteiger partial charge in [0.05, 0.1) is 18.5 Å². The van der Waals surface area contributed by atoms with Crippen LogP contribution in [0.25, 0.3) is 0 Å². The molecule has 0 aliphatic rings. The number of rotatable bonds is 5. The molecule has 2 aromatic rings. The van der Waals surface area contributed by atoms with Gasteiger partial charge in [-0.1, -0.05) is 18.2 Å². The molecule has 6 nitrogen and oxygen atoms in total. The molecule has 0 aliphatic carbocycles. The SMILES string of the molecule is COc1ccc(CCNC(=O)C(=O)Nc2cc(C)ccc2N)cc1. The standard InChI is InChI=1S/C18H21N3O3/c1-12-3-8-15(19)16(11-12)21-18(23)17(22)20-10-9-13-4-6-14(24-2)7-5-13/h3-8,11H,9-10,19H2,1-2H3,(H,20,22)(H,21,23). The Labute approximate surface area is 141 Å². The van der Waals surface area contributed by atoms with E-state index in [1.807, 2.05) is 37.3 Å². The summed E-state index contributed by atoms with van der Waals surface area (Å²) in [5.41, 5.74) is 8.62. The van der Waals surface area contributed by atoms with E-state index in [-0.39, 0.29) is 0 Å². The number of methoxy groups -OCH3 is 1. The summed E-state index contributed by atoms with van der Waals surface area (Å²) in [6.07, 6.45) is 0.621. The van der Waals surface area contributed by atoms with E-state index in [1.165, 1.54) is 0 Å². The van der Waals surface area contributed by atoms with E-state index in [0.29, 0.717) is 24.3 Å². The highest BCUT2D eigenvalue weighted by Gasteiger charge is 2.14. The molecule has 0 aromatic heterocycles. The molecular formula is C18H21N3O3. The van der Waals surface area contributed by atoms with Gasteiger partial charge in [0.15, 0.2) is 0 Å². The third-order valence-corrected chi connectivity index (χ3v) is 3.52. The van der Waals surface area contributed by atoms with Crippen molar-refractivity contribution in [2.24, 2.45) is 0 Å². The van der Waals surface area contributed by atoms with Crippen LogP contribution in [0.15, 0.2) is 42.5 Å². The Bertz CT molecular complexity index is 727. The predicted molar refractivity (Wildman–Crippen MR) is 93.9 cm³/mol. The van der Waals surface area contributed by atoms with Crippen LogP contribution in [0, 0.1) is 6.92 Å². The lowest BCUT2D eigenvalue weighted by atomic mass is 10.1. The van der Waals surface area contributed by atoms with Gasteiger partial charge in [-0.15, -0.1) is 0 Å². The van der Waals surface area contributed by atoms with Gasteiger partial charge in [-0.3, -0.25) is 9.59 Å². The first kappa shape index (κ1) is 17.3. The summed E-state index contributed by atoms with van der Waals surface area (Å²) >= 11 is 0. The van der Waals surface area contributed by atoms with Gasteiger partial charge < -0.3 is 21.1 Å². The predicted octanol–water partition coefficient (Wildman–Crippen LogP) is 1.88. The van der Waals surface area contributed by atoms with E-state index in [1.54, 1.807) is 19.2 Å². The molecule has 2 rings (SSSR count). The first-order valence-corrected chi connectivity index (χ1v) is 7.58. The van der Waals surface area contributed by atoms with Crippen molar-refractivity contribution in [3.05, 3.63) is 53.6 Å². The fourth-order valence-corrected chi connectivity index (χ4v) is 2.15. The number of benzene rings is 2. The lowest BCUT2D eigenvalue weighted by molar-refractivity contribution is -0.136. The van der Waals surface area contributed by atoms with Gasteiger partial charge in [0, 0.05) is 6.54 Å². The maximum Gasteiger partial charge on any atom is 0.313 e. The monoisotopic (exact) mass is 327 g/mol. The zero-order valence-electron chi connectivity index (χ0n) is 13.8. The summed E-state index contributed by atoms with van der Waals surface area (Å²) < 4.78 is 5.09. The number of carbonyl (C=O) groups excluding carboxylic acids is 2. The summed E-state index contributed by atoms with van der Waals surface area (Å²) in [7, 11) is 1.61. The van der Waals surface area contributed by atoms with E-state index in [4.69, 9.17) is 10.5 Å². The van der Waals surface area contributed by atoms with Crippen LogP contribution in [0.4, 0.5) is 11.4 Å². The highest BCUT2D eigenvalue weighted by Crippen LogP contribution is 2.19. The number of hydrogen-bond donors (Lipinski definition) is 3. The van der Waals surface area contributed by atoms with Crippen LogP contribution < -0.4 is 21.1 Å². The summed E-state index contributed by atoms with van der Waals surface area (Å²) in [5.74, 6) is -0.649. The number of nitrogens with one attached hydrogen (secondary N) is 2. The summed E-state index contributed by atoms with van der Waals surface area (Å²) in [5, 5.41) is 5.11. The van der Waals surface area contributed by atoms with Crippen LogP contribution in [0.5, 0.6) is 5.75 Å². The number of nitrogen functional groups attached to an aromatic ring is 1. The van der Waals surface area contributed by atoms with E-state index in [0.717, 1.165) is 16.9 Å². The second kappa shape index (κ2) is 8.01. The first-order valence-electron chi connectivity index (χ1n) is 7.58. The van der Waals surface area contributed by atoms with Crippen molar-refractivity contribution >= 4 is 23.2 Å². The zero-order chi connectivity index (χ0) is 17.5. The van der Waals surface area contributed by atoms with Crippen LogP contribution >= 0.6 is 0 Å². The van der Waals surface area contributed by atoms with Gasteiger partial charge in [0.25, 0.3) is 0 Å². The normalized spacial score (nSPS) is 10.1. The minimum atomic E-state index is -0.734. The topological polar surface area (TPSA) is 93.4 Å². The highest BCUT2D eigenvalue weighted by molar-refractivity contribution is 6.39. The molecule has 126 valence electrons. The molecule has 6 heteroatoms. The number of amides is 2. The van der Waals surface area contributed by atoms with Crippen LogP contribution in [-0.2, 0) is 16.0 Å². The molecule has 4 N–H and O–H groups in total. The molecular weight excluding hydrogens is 306 g/mol. The molecule has 0 bridgehead atoms. The number of ether oxygens (including phenoxy) is 1. The molecule has 0 heterocycles. The van der Waals surface area contributed by atoms with Crippen LogP contribution in [0.3, 0.4) is 0 Å². The van der Waals surface area contributed by atoms with Gasteiger partial charge in [-0.05, 0) is 48.7 Å². The van der Waals surface area contributed by atoms with Crippen LogP contribution in [0.1, 0.15) is 11.1 Å². The van der Waals surface area contributed by atoms with E-state index in [2.05, 4.69) is 10.6 Å². The second-order valence-corrected chi connectivity index (χ2v) is 5.40. The average Bonchev–Trinajstić information content (AvgIpc) is 2.58. The molecule has 0 spiro atoms. The largest absolute Gasteiger partial charge is 0.497 e. The second-order valence-electron chi connectivity index (χ2n) is 5.40.